The fraction of sp³-hybridized carbons (Fsp3) is 0.125. The van der Waals surface area contributed by atoms with E-state index in [-0.39, 0.29) is 12.4 Å². The zero-order valence-corrected chi connectivity index (χ0v) is 12.3. The van der Waals surface area contributed by atoms with Gasteiger partial charge >= 0.3 is 0 Å². The molecular formula is C16H13BrFNO. The van der Waals surface area contributed by atoms with Crippen LogP contribution < -0.4 is 0 Å². The summed E-state index contributed by atoms with van der Waals surface area (Å²) >= 11 is 3.21. The zero-order chi connectivity index (χ0) is 14.1. The topological polar surface area (TPSA) is 25.2 Å². The molecule has 0 aliphatic heterocycles. The van der Waals surface area contributed by atoms with Crippen molar-refractivity contribution in [3.8, 4) is 0 Å². The summed E-state index contributed by atoms with van der Waals surface area (Å²) in [7, 11) is 0. The normalized spacial score (nSPS) is 11.2. The molecule has 3 rings (SSSR count). The van der Waals surface area contributed by atoms with Gasteiger partial charge in [-0.25, -0.2) is 4.39 Å². The van der Waals surface area contributed by atoms with Crippen LogP contribution >= 0.6 is 15.9 Å². The van der Waals surface area contributed by atoms with Crippen molar-refractivity contribution in [3.05, 3.63) is 70.1 Å². The van der Waals surface area contributed by atoms with Crippen molar-refractivity contribution in [3.63, 3.8) is 0 Å². The number of nitrogens with zero attached hydrogens (tertiary/aromatic N) is 1. The van der Waals surface area contributed by atoms with Crippen LogP contribution in [0.3, 0.4) is 0 Å². The van der Waals surface area contributed by atoms with Gasteiger partial charge in [0, 0.05) is 23.6 Å². The molecule has 0 fully saturated rings. The van der Waals surface area contributed by atoms with Crippen LogP contribution in [0.2, 0.25) is 0 Å². The van der Waals surface area contributed by atoms with Crippen LogP contribution in [-0.2, 0) is 13.2 Å². The first kappa shape index (κ1) is 13.3. The Bertz CT molecular complexity index is 766. The molecule has 0 bridgehead atoms. The van der Waals surface area contributed by atoms with E-state index in [1.807, 2.05) is 30.5 Å². The summed E-state index contributed by atoms with van der Waals surface area (Å²) < 4.78 is 15.8. The van der Waals surface area contributed by atoms with Gasteiger partial charge in [-0.1, -0.05) is 18.2 Å². The number of benzene rings is 2. The minimum atomic E-state index is -0.256. The number of rotatable bonds is 3. The molecule has 0 aliphatic carbocycles. The maximum Gasteiger partial charge on any atom is 0.137 e. The van der Waals surface area contributed by atoms with Crippen LogP contribution in [0.15, 0.2) is 53.1 Å². The molecule has 0 radical (unpaired) electrons. The Morgan fingerprint density at radius 1 is 1.15 bits per heavy atom. The Kier molecular flexibility index (Phi) is 3.59. The van der Waals surface area contributed by atoms with E-state index in [1.54, 1.807) is 12.1 Å². The van der Waals surface area contributed by atoms with E-state index in [1.165, 1.54) is 6.07 Å². The molecule has 1 heterocycles. The van der Waals surface area contributed by atoms with Crippen LogP contribution in [0.1, 0.15) is 11.1 Å². The molecule has 2 aromatic carbocycles. The van der Waals surface area contributed by atoms with Crippen molar-refractivity contribution < 1.29 is 9.50 Å². The quantitative estimate of drug-likeness (QED) is 0.767. The third kappa shape index (κ3) is 2.37. The van der Waals surface area contributed by atoms with Crippen molar-refractivity contribution in [2.45, 2.75) is 13.2 Å². The predicted molar refractivity (Wildman–Crippen MR) is 81.1 cm³/mol. The van der Waals surface area contributed by atoms with Gasteiger partial charge in [0.1, 0.15) is 5.82 Å². The van der Waals surface area contributed by atoms with Gasteiger partial charge in [0.25, 0.3) is 0 Å². The van der Waals surface area contributed by atoms with Crippen LogP contribution in [0.4, 0.5) is 4.39 Å². The van der Waals surface area contributed by atoms with Crippen molar-refractivity contribution in [1.29, 1.82) is 0 Å². The molecule has 0 saturated carbocycles. The molecule has 102 valence electrons. The lowest BCUT2D eigenvalue weighted by Crippen LogP contribution is -1.98. The van der Waals surface area contributed by atoms with Crippen molar-refractivity contribution >= 4 is 26.8 Å². The lowest BCUT2D eigenvalue weighted by molar-refractivity contribution is 0.283. The molecular weight excluding hydrogens is 321 g/mol. The van der Waals surface area contributed by atoms with Crippen LogP contribution in [0.25, 0.3) is 10.9 Å². The molecule has 2 nitrogen and oxygen atoms in total. The van der Waals surface area contributed by atoms with E-state index in [4.69, 9.17) is 0 Å². The highest BCUT2D eigenvalue weighted by molar-refractivity contribution is 9.10. The molecule has 3 aromatic rings. The standard InChI is InChI=1S/C16H13BrFNO/c17-14-8-11(4-5-15(14)18)9-19-7-6-13-12(10-20)2-1-3-16(13)19/h1-8,20H,9-10H2. The summed E-state index contributed by atoms with van der Waals surface area (Å²) in [6.45, 7) is 0.695. The second-order valence-electron chi connectivity index (χ2n) is 4.70. The lowest BCUT2D eigenvalue weighted by Gasteiger charge is -2.07. The fourth-order valence-electron chi connectivity index (χ4n) is 2.40. The first-order chi connectivity index (χ1) is 9.69. The number of aromatic nitrogens is 1. The third-order valence-corrected chi connectivity index (χ3v) is 4.02. The first-order valence-electron chi connectivity index (χ1n) is 6.30. The van der Waals surface area contributed by atoms with Gasteiger partial charge in [-0.3, -0.25) is 0 Å². The average Bonchev–Trinajstić information content (AvgIpc) is 2.86. The highest BCUT2D eigenvalue weighted by atomic mass is 79.9. The predicted octanol–water partition coefficient (Wildman–Crippen LogP) is 4.08. The van der Waals surface area contributed by atoms with Crippen molar-refractivity contribution in [1.82, 2.24) is 4.57 Å². The maximum absolute atomic E-state index is 13.2. The number of halogens is 2. The molecule has 0 saturated heterocycles. The summed E-state index contributed by atoms with van der Waals surface area (Å²) in [6, 6.07) is 12.9. The van der Waals surface area contributed by atoms with E-state index < -0.39 is 0 Å². The molecule has 1 N–H and O–H groups in total. The van der Waals surface area contributed by atoms with Gasteiger partial charge in [0.15, 0.2) is 0 Å². The Hall–Kier alpha value is -1.65. The van der Waals surface area contributed by atoms with Crippen molar-refractivity contribution in [2.24, 2.45) is 0 Å². The average molecular weight is 334 g/mol. The molecule has 0 unspecified atom stereocenters. The molecule has 4 heteroatoms. The lowest BCUT2D eigenvalue weighted by atomic mass is 10.1. The number of fused-ring (bicyclic) bond motifs is 1. The Morgan fingerprint density at radius 2 is 2.00 bits per heavy atom. The summed E-state index contributed by atoms with van der Waals surface area (Å²) in [5.41, 5.74) is 3.00. The summed E-state index contributed by atoms with van der Waals surface area (Å²) in [6.07, 6.45) is 1.99. The van der Waals surface area contributed by atoms with Gasteiger partial charge in [0.2, 0.25) is 0 Å². The molecule has 20 heavy (non-hydrogen) atoms. The maximum atomic E-state index is 13.2. The molecule has 0 atom stereocenters. The Morgan fingerprint density at radius 3 is 2.75 bits per heavy atom. The fourth-order valence-corrected chi connectivity index (χ4v) is 2.82. The van der Waals surface area contributed by atoms with E-state index in [0.717, 1.165) is 22.0 Å². The highest BCUT2D eigenvalue weighted by Crippen LogP contribution is 2.23. The van der Waals surface area contributed by atoms with Gasteiger partial charge in [-0.2, -0.15) is 0 Å². The van der Waals surface area contributed by atoms with E-state index >= 15 is 0 Å². The summed E-state index contributed by atoms with van der Waals surface area (Å²) in [5, 5.41) is 10.4. The Labute approximate surface area is 124 Å². The van der Waals surface area contributed by atoms with E-state index in [9.17, 15) is 9.50 Å². The number of aliphatic hydroxyl groups excluding tert-OH is 1. The second-order valence-corrected chi connectivity index (χ2v) is 5.55. The smallest absolute Gasteiger partial charge is 0.137 e. The minimum absolute atomic E-state index is 0.0312. The minimum Gasteiger partial charge on any atom is -0.392 e. The monoisotopic (exact) mass is 333 g/mol. The summed E-state index contributed by atoms with van der Waals surface area (Å²) in [4.78, 5) is 0. The molecule has 0 aliphatic rings. The third-order valence-electron chi connectivity index (χ3n) is 3.41. The number of hydrogen-bond donors (Lipinski definition) is 1. The van der Waals surface area contributed by atoms with Crippen molar-refractivity contribution in [2.75, 3.05) is 0 Å². The molecule has 0 spiro atoms. The van der Waals surface area contributed by atoms with Gasteiger partial charge in [-0.15, -0.1) is 0 Å². The number of aliphatic hydroxyl groups is 1. The molecule has 0 amide bonds. The SMILES string of the molecule is OCc1cccc2c1ccn2Cc1ccc(F)c(Br)c1. The van der Waals surface area contributed by atoms with Crippen LogP contribution in [0, 0.1) is 5.82 Å². The van der Waals surface area contributed by atoms with Gasteiger partial charge in [-0.05, 0) is 51.3 Å². The first-order valence-corrected chi connectivity index (χ1v) is 7.10. The van der Waals surface area contributed by atoms with Crippen LogP contribution in [0.5, 0.6) is 0 Å². The Balaban J connectivity index is 2.00. The van der Waals surface area contributed by atoms with Gasteiger partial charge in [0.05, 0.1) is 11.1 Å². The second kappa shape index (κ2) is 5.38. The zero-order valence-electron chi connectivity index (χ0n) is 10.7. The largest absolute Gasteiger partial charge is 0.392 e. The number of hydrogen-bond acceptors (Lipinski definition) is 1. The van der Waals surface area contributed by atoms with E-state index in [0.29, 0.717) is 11.0 Å². The van der Waals surface area contributed by atoms with E-state index in [2.05, 4.69) is 20.5 Å². The van der Waals surface area contributed by atoms with Gasteiger partial charge < -0.3 is 9.67 Å². The highest BCUT2D eigenvalue weighted by Gasteiger charge is 2.06. The summed E-state index contributed by atoms with van der Waals surface area (Å²) in [5.74, 6) is -0.256. The van der Waals surface area contributed by atoms with Crippen LogP contribution in [-0.4, -0.2) is 9.67 Å². The molecule has 1 aromatic heterocycles.